The maximum absolute atomic E-state index is 3.64. The van der Waals surface area contributed by atoms with E-state index >= 15 is 0 Å². The number of hydrogen-bond acceptors (Lipinski definition) is 0. The van der Waals surface area contributed by atoms with Gasteiger partial charge in [-0.05, 0) is 12.0 Å². The Labute approximate surface area is 104 Å². The maximum atomic E-state index is 3.64. The van der Waals surface area contributed by atoms with Crippen LogP contribution >= 0.6 is 0 Å². The molecule has 0 aromatic heterocycles. The first-order chi connectivity index (χ1) is 8.43. The molecule has 0 atom stereocenters. The molecule has 0 aliphatic heterocycles. The number of benzene rings is 2. The van der Waals surface area contributed by atoms with Crippen LogP contribution in [-0.4, -0.2) is 0 Å². The molecule has 0 heteroatoms. The lowest BCUT2D eigenvalue weighted by atomic mass is 10.2. The van der Waals surface area contributed by atoms with Crippen LogP contribution in [0, 0.1) is 0 Å². The van der Waals surface area contributed by atoms with E-state index in [1.54, 1.807) is 0 Å². The summed E-state index contributed by atoms with van der Waals surface area (Å²) in [5.74, 6) is 0. The van der Waals surface area contributed by atoms with E-state index in [2.05, 4.69) is 30.9 Å². The third-order valence-electron chi connectivity index (χ3n) is 2.08. The zero-order valence-electron chi connectivity index (χ0n) is 10.00. The summed E-state index contributed by atoms with van der Waals surface area (Å²) in [4.78, 5) is 0. The van der Waals surface area contributed by atoms with Crippen molar-refractivity contribution < 1.29 is 0 Å². The molecule has 0 saturated heterocycles. The third kappa shape index (κ3) is 6.91. The van der Waals surface area contributed by atoms with Gasteiger partial charge < -0.3 is 0 Å². The van der Waals surface area contributed by atoms with Gasteiger partial charge in [-0.25, -0.2) is 0 Å². The second-order valence-corrected chi connectivity index (χ2v) is 3.49. The van der Waals surface area contributed by atoms with Crippen LogP contribution in [0.25, 0.3) is 6.08 Å². The van der Waals surface area contributed by atoms with Crippen molar-refractivity contribution in [3.8, 4) is 0 Å². The van der Waals surface area contributed by atoms with Gasteiger partial charge in [0.05, 0.1) is 0 Å². The average Bonchev–Trinajstić information content (AvgIpc) is 2.43. The minimum Gasteiger partial charge on any atom is -0.103 e. The normalized spacial score (nSPS) is 9.41. The smallest absolute Gasteiger partial charge is 0.0169 e. The Morgan fingerprint density at radius 3 is 1.71 bits per heavy atom. The van der Waals surface area contributed by atoms with Gasteiger partial charge in [0.1, 0.15) is 0 Å². The van der Waals surface area contributed by atoms with Gasteiger partial charge in [-0.15, -0.1) is 6.58 Å². The molecule has 2 aromatic rings. The van der Waals surface area contributed by atoms with Crippen LogP contribution in [0.5, 0.6) is 0 Å². The maximum Gasteiger partial charge on any atom is -0.0169 e. The van der Waals surface area contributed by atoms with Crippen molar-refractivity contribution in [1.29, 1.82) is 0 Å². The van der Waals surface area contributed by atoms with Crippen molar-refractivity contribution in [2.75, 3.05) is 0 Å². The molecule has 0 radical (unpaired) electrons. The lowest BCUT2D eigenvalue weighted by Crippen LogP contribution is -1.67. The standard InChI is InChI=1S/C11H12.C6H6/c1-2-3-5-8-11-9-6-4-7-10-11;1-2-4-6-5-3-1/h2,4-10H,1,3H2;1-6H. The Morgan fingerprint density at radius 2 is 1.24 bits per heavy atom. The summed E-state index contributed by atoms with van der Waals surface area (Å²) in [5.41, 5.74) is 1.24. The Bertz CT molecular complexity index is 386. The predicted molar refractivity (Wildman–Crippen MR) is 76.7 cm³/mol. The fourth-order valence-corrected chi connectivity index (χ4v) is 1.25. The molecular weight excluding hydrogens is 204 g/mol. The first kappa shape index (κ1) is 13.0. The second-order valence-electron chi connectivity index (χ2n) is 3.49. The molecule has 2 aromatic carbocycles. The minimum atomic E-state index is 0.939. The molecule has 0 heterocycles. The molecule has 0 N–H and O–H groups in total. The Morgan fingerprint density at radius 1 is 0.765 bits per heavy atom. The molecule has 0 bridgehead atoms. The first-order valence-electron chi connectivity index (χ1n) is 5.76. The van der Waals surface area contributed by atoms with Crippen LogP contribution in [0.4, 0.5) is 0 Å². The fourth-order valence-electron chi connectivity index (χ4n) is 1.25. The van der Waals surface area contributed by atoms with Crippen molar-refractivity contribution >= 4 is 6.08 Å². The molecule has 0 nitrogen and oxygen atoms in total. The van der Waals surface area contributed by atoms with Gasteiger partial charge in [-0.2, -0.15) is 0 Å². The largest absolute Gasteiger partial charge is 0.103 e. The van der Waals surface area contributed by atoms with E-state index in [-0.39, 0.29) is 0 Å². The van der Waals surface area contributed by atoms with Gasteiger partial charge in [0, 0.05) is 0 Å². The Hall–Kier alpha value is -2.08. The van der Waals surface area contributed by atoms with Gasteiger partial charge >= 0.3 is 0 Å². The fraction of sp³-hybridized carbons (Fsp3) is 0.0588. The van der Waals surface area contributed by atoms with E-state index in [0.29, 0.717) is 0 Å². The van der Waals surface area contributed by atoms with Crippen LogP contribution in [0.15, 0.2) is 85.5 Å². The highest BCUT2D eigenvalue weighted by Gasteiger charge is 1.79. The van der Waals surface area contributed by atoms with Crippen LogP contribution < -0.4 is 0 Å². The van der Waals surface area contributed by atoms with Gasteiger partial charge in [-0.1, -0.05) is 85.0 Å². The summed E-state index contributed by atoms with van der Waals surface area (Å²) in [6, 6.07) is 22.3. The Balaban J connectivity index is 0.000000202. The first-order valence-corrected chi connectivity index (χ1v) is 5.76. The van der Waals surface area contributed by atoms with E-state index in [1.807, 2.05) is 60.7 Å². The highest BCUT2D eigenvalue weighted by molar-refractivity contribution is 5.48. The zero-order valence-corrected chi connectivity index (χ0v) is 10.00. The topological polar surface area (TPSA) is 0 Å². The van der Waals surface area contributed by atoms with Crippen LogP contribution in [0.2, 0.25) is 0 Å². The van der Waals surface area contributed by atoms with E-state index in [0.717, 1.165) is 6.42 Å². The molecule has 0 unspecified atom stereocenters. The second kappa shape index (κ2) is 9.17. The highest BCUT2D eigenvalue weighted by atomic mass is 13.9. The van der Waals surface area contributed by atoms with Crippen LogP contribution in [-0.2, 0) is 0 Å². The SMILES string of the molecule is C=CCC=Cc1ccccc1.c1ccccc1. The molecule has 2 rings (SSSR count). The molecule has 86 valence electrons. The van der Waals surface area contributed by atoms with Gasteiger partial charge in [0.15, 0.2) is 0 Å². The lowest BCUT2D eigenvalue weighted by molar-refractivity contribution is 1.42. The monoisotopic (exact) mass is 222 g/mol. The quantitative estimate of drug-likeness (QED) is 0.644. The van der Waals surface area contributed by atoms with E-state index in [9.17, 15) is 0 Å². The van der Waals surface area contributed by atoms with Gasteiger partial charge in [0.25, 0.3) is 0 Å². The summed E-state index contributed by atoms with van der Waals surface area (Å²) in [7, 11) is 0. The lowest BCUT2D eigenvalue weighted by Gasteiger charge is -1.88. The summed E-state index contributed by atoms with van der Waals surface area (Å²) in [6.45, 7) is 3.64. The average molecular weight is 222 g/mol. The molecule has 0 amide bonds. The molecule has 0 aliphatic rings. The molecule has 0 spiro atoms. The summed E-state index contributed by atoms with van der Waals surface area (Å²) >= 11 is 0. The van der Waals surface area contributed by atoms with E-state index in [1.165, 1.54) is 5.56 Å². The van der Waals surface area contributed by atoms with Crippen molar-refractivity contribution in [2.24, 2.45) is 0 Å². The van der Waals surface area contributed by atoms with E-state index in [4.69, 9.17) is 0 Å². The summed E-state index contributed by atoms with van der Waals surface area (Å²) in [6.07, 6.45) is 7.03. The molecule has 0 fully saturated rings. The Kier molecular flexibility index (Phi) is 7.00. The summed E-state index contributed by atoms with van der Waals surface area (Å²) in [5, 5.41) is 0. The zero-order chi connectivity index (χ0) is 12.2. The van der Waals surface area contributed by atoms with Crippen LogP contribution in [0.3, 0.4) is 0 Å². The minimum absolute atomic E-state index is 0.939. The van der Waals surface area contributed by atoms with Crippen molar-refractivity contribution in [3.63, 3.8) is 0 Å². The summed E-state index contributed by atoms with van der Waals surface area (Å²) < 4.78 is 0. The molecule has 0 saturated carbocycles. The van der Waals surface area contributed by atoms with Crippen molar-refractivity contribution in [3.05, 3.63) is 91.0 Å². The van der Waals surface area contributed by atoms with E-state index < -0.39 is 0 Å². The number of allylic oxidation sites excluding steroid dienone is 2. The molecule has 0 aliphatic carbocycles. The predicted octanol–water partition coefficient (Wildman–Crippen LogP) is 4.96. The van der Waals surface area contributed by atoms with Crippen molar-refractivity contribution in [2.45, 2.75) is 6.42 Å². The molecule has 17 heavy (non-hydrogen) atoms. The number of hydrogen-bond donors (Lipinski definition) is 0. The van der Waals surface area contributed by atoms with Crippen molar-refractivity contribution in [1.82, 2.24) is 0 Å². The third-order valence-corrected chi connectivity index (χ3v) is 2.08. The van der Waals surface area contributed by atoms with Gasteiger partial charge in [0.2, 0.25) is 0 Å². The number of rotatable bonds is 3. The van der Waals surface area contributed by atoms with Crippen LogP contribution in [0.1, 0.15) is 12.0 Å². The van der Waals surface area contributed by atoms with Gasteiger partial charge in [-0.3, -0.25) is 0 Å². The molecular formula is C17H18. The highest BCUT2D eigenvalue weighted by Crippen LogP contribution is 2.01.